The zero-order valence-electron chi connectivity index (χ0n) is 18.9. The first kappa shape index (κ1) is 22.8. The predicted molar refractivity (Wildman–Crippen MR) is 133 cm³/mol. The lowest BCUT2D eigenvalue weighted by atomic mass is 10.2. The van der Waals surface area contributed by atoms with Gasteiger partial charge in [0.25, 0.3) is 5.91 Å². The summed E-state index contributed by atoms with van der Waals surface area (Å²) in [6.45, 7) is 1.01. The fraction of sp³-hybridized carbons (Fsp3) is 0.154. The second-order valence-electron chi connectivity index (χ2n) is 8.09. The first-order chi connectivity index (χ1) is 17.0. The number of furan rings is 1. The molecule has 0 N–H and O–H groups in total. The molecule has 8 nitrogen and oxygen atoms in total. The first-order valence-electron chi connectivity index (χ1n) is 11.2. The second kappa shape index (κ2) is 9.73. The topological polar surface area (TPSA) is 88.7 Å². The highest BCUT2D eigenvalue weighted by Crippen LogP contribution is 2.24. The Labute approximate surface area is 203 Å². The van der Waals surface area contributed by atoms with Crippen LogP contribution in [-0.4, -0.2) is 59.5 Å². The van der Waals surface area contributed by atoms with Gasteiger partial charge >= 0.3 is 0 Å². The van der Waals surface area contributed by atoms with E-state index in [0.717, 1.165) is 11.3 Å². The van der Waals surface area contributed by atoms with Crippen molar-refractivity contribution in [2.45, 2.75) is 0 Å². The van der Waals surface area contributed by atoms with E-state index in [9.17, 15) is 13.2 Å². The van der Waals surface area contributed by atoms with Crippen LogP contribution >= 0.6 is 0 Å². The molecule has 0 aliphatic carbocycles. The minimum atomic E-state index is -3.59. The van der Waals surface area contributed by atoms with Gasteiger partial charge in [0.05, 0.1) is 12.0 Å². The van der Waals surface area contributed by atoms with Crippen molar-refractivity contribution in [3.63, 3.8) is 0 Å². The third-order valence-corrected chi connectivity index (χ3v) is 7.39. The van der Waals surface area contributed by atoms with E-state index in [0.29, 0.717) is 17.1 Å². The van der Waals surface area contributed by atoms with E-state index in [1.807, 2.05) is 60.7 Å². The minimum Gasteiger partial charge on any atom is -0.463 e. The molecule has 1 aliphatic heterocycles. The molecule has 0 radical (unpaired) electrons. The minimum absolute atomic E-state index is 0.212. The van der Waals surface area contributed by atoms with Crippen molar-refractivity contribution in [3.05, 3.63) is 102 Å². The third-order valence-electron chi connectivity index (χ3n) is 5.82. The molecule has 0 atom stereocenters. The SMILES string of the molecule is O=C(c1cc(-c2ccco2)nn1-c1ccccc1)N1CCN(S(=O)(=O)C=Cc2ccccc2)CC1. The summed E-state index contributed by atoms with van der Waals surface area (Å²) in [5, 5.41) is 5.83. The Kier molecular flexibility index (Phi) is 6.35. The van der Waals surface area contributed by atoms with E-state index >= 15 is 0 Å². The predicted octanol–water partition coefficient (Wildman–Crippen LogP) is 3.89. The molecule has 178 valence electrons. The molecule has 35 heavy (non-hydrogen) atoms. The summed E-state index contributed by atoms with van der Waals surface area (Å²) in [5.74, 6) is 0.353. The van der Waals surface area contributed by atoms with Crippen LogP contribution in [-0.2, 0) is 10.0 Å². The average molecular weight is 489 g/mol. The van der Waals surface area contributed by atoms with E-state index in [1.54, 1.807) is 40.1 Å². The molecule has 1 amide bonds. The van der Waals surface area contributed by atoms with Gasteiger partial charge in [-0.25, -0.2) is 13.1 Å². The van der Waals surface area contributed by atoms with Gasteiger partial charge in [0.1, 0.15) is 11.4 Å². The van der Waals surface area contributed by atoms with E-state index in [1.165, 1.54) is 9.71 Å². The van der Waals surface area contributed by atoms with E-state index in [-0.39, 0.29) is 32.1 Å². The third kappa shape index (κ3) is 4.96. The molecular formula is C26H24N4O4S. The summed E-state index contributed by atoms with van der Waals surface area (Å²) in [6.07, 6.45) is 3.14. The van der Waals surface area contributed by atoms with Gasteiger partial charge in [-0.2, -0.15) is 9.40 Å². The Bertz CT molecular complexity index is 1420. The summed E-state index contributed by atoms with van der Waals surface area (Å²) in [5.41, 5.74) is 2.50. The van der Waals surface area contributed by atoms with Crippen molar-refractivity contribution in [2.75, 3.05) is 26.2 Å². The Morgan fingerprint density at radius 3 is 2.23 bits per heavy atom. The lowest BCUT2D eigenvalue weighted by Gasteiger charge is -2.33. The highest BCUT2D eigenvalue weighted by atomic mass is 32.2. The molecule has 1 saturated heterocycles. The molecule has 2 aromatic carbocycles. The van der Waals surface area contributed by atoms with Crippen LogP contribution in [0.5, 0.6) is 0 Å². The molecule has 4 aromatic rings. The number of hydrogen-bond acceptors (Lipinski definition) is 5. The summed E-state index contributed by atoms with van der Waals surface area (Å²) in [7, 11) is -3.59. The molecule has 9 heteroatoms. The van der Waals surface area contributed by atoms with Crippen molar-refractivity contribution < 1.29 is 17.6 Å². The van der Waals surface area contributed by atoms with E-state index in [4.69, 9.17) is 4.42 Å². The molecule has 1 aliphatic rings. The average Bonchev–Trinajstić information content (AvgIpc) is 3.59. The van der Waals surface area contributed by atoms with E-state index in [2.05, 4.69) is 5.10 Å². The highest BCUT2D eigenvalue weighted by Gasteiger charge is 2.30. The maximum Gasteiger partial charge on any atom is 0.272 e. The molecule has 0 bridgehead atoms. The number of benzene rings is 2. The van der Waals surface area contributed by atoms with Gasteiger partial charge in [0.2, 0.25) is 10.0 Å². The summed E-state index contributed by atoms with van der Waals surface area (Å²) < 4.78 is 34.1. The largest absolute Gasteiger partial charge is 0.463 e. The van der Waals surface area contributed by atoms with Crippen molar-refractivity contribution in [1.29, 1.82) is 0 Å². The molecule has 5 rings (SSSR count). The number of aromatic nitrogens is 2. The molecule has 2 aromatic heterocycles. The van der Waals surface area contributed by atoms with Gasteiger partial charge in [-0.1, -0.05) is 48.5 Å². The number of nitrogens with zero attached hydrogens (tertiary/aromatic N) is 4. The monoisotopic (exact) mass is 488 g/mol. The Balaban J connectivity index is 1.33. The standard InChI is InChI=1S/C26H24N4O4S/c31-26(24-20-23(25-12-7-18-34-25)27-30(24)22-10-5-2-6-11-22)28-14-16-29(17-15-28)35(32,33)19-13-21-8-3-1-4-9-21/h1-13,18-20H,14-17H2. The Morgan fingerprint density at radius 2 is 1.57 bits per heavy atom. The summed E-state index contributed by atoms with van der Waals surface area (Å²) in [4.78, 5) is 15.2. The molecular weight excluding hydrogens is 464 g/mol. The molecule has 1 fully saturated rings. The van der Waals surface area contributed by atoms with Crippen LogP contribution in [0.1, 0.15) is 16.1 Å². The Hall–Kier alpha value is -3.95. The van der Waals surface area contributed by atoms with Gasteiger partial charge in [0, 0.05) is 37.7 Å². The van der Waals surface area contributed by atoms with Crippen LogP contribution in [0.15, 0.2) is 95.0 Å². The zero-order chi connectivity index (χ0) is 24.3. The number of piperazine rings is 1. The molecule has 0 saturated carbocycles. The zero-order valence-corrected chi connectivity index (χ0v) is 19.7. The summed E-state index contributed by atoms with van der Waals surface area (Å²) in [6, 6.07) is 23.9. The van der Waals surface area contributed by atoms with Crippen molar-refractivity contribution in [2.24, 2.45) is 0 Å². The smallest absolute Gasteiger partial charge is 0.272 e. The molecule has 0 spiro atoms. The second-order valence-corrected chi connectivity index (χ2v) is 9.91. The lowest BCUT2D eigenvalue weighted by Crippen LogP contribution is -2.50. The van der Waals surface area contributed by atoms with Crippen molar-refractivity contribution in [3.8, 4) is 17.1 Å². The lowest BCUT2D eigenvalue weighted by molar-refractivity contribution is 0.0689. The maximum absolute atomic E-state index is 13.5. The van der Waals surface area contributed by atoms with Crippen LogP contribution in [0.3, 0.4) is 0 Å². The van der Waals surface area contributed by atoms with Gasteiger partial charge in [-0.15, -0.1) is 0 Å². The molecule has 3 heterocycles. The quantitative estimate of drug-likeness (QED) is 0.411. The normalized spacial score (nSPS) is 15.0. The first-order valence-corrected chi connectivity index (χ1v) is 12.7. The Morgan fingerprint density at radius 1 is 0.886 bits per heavy atom. The number of carbonyl (C=O) groups excluding carboxylic acids is 1. The van der Waals surface area contributed by atoms with Crippen LogP contribution in [0.4, 0.5) is 0 Å². The van der Waals surface area contributed by atoms with Gasteiger partial charge in [-0.05, 0) is 35.9 Å². The fourth-order valence-corrected chi connectivity index (χ4v) is 5.14. The van der Waals surface area contributed by atoms with Crippen LogP contribution in [0, 0.1) is 0 Å². The van der Waals surface area contributed by atoms with Crippen molar-refractivity contribution in [1.82, 2.24) is 19.0 Å². The molecule has 0 unspecified atom stereocenters. The van der Waals surface area contributed by atoms with E-state index < -0.39 is 10.0 Å². The number of rotatable bonds is 6. The van der Waals surface area contributed by atoms with Crippen LogP contribution in [0.2, 0.25) is 0 Å². The van der Waals surface area contributed by atoms with Crippen molar-refractivity contribution >= 4 is 22.0 Å². The number of para-hydroxylation sites is 1. The van der Waals surface area contributed by atoms with Crippen LogP contribution in [0.25, 0.3) is 23.2 Å². The number of hydrogen-bond donors (Lipinski definition) is 0. The van der Waals surface area contributed by atoms with Gasteiger partial charge in [-0.3, -0.25) is 4.79 Å². The number of amides is 1. The van der Waals surface area contributed by atoms with Gasteiger partial charge < -0.3 is 9.32 Å². The maximum atomic E-state index is 13.5. The highest BCUT2D eigenvalue weighted by molar-refractivity contribution is 7.92. The number of carbonyl (C=O) groups is 1. The summed E-state index contributed by atoms with van der Waals surface area (Å²) >= 11 is 0. The van der Waals surface area contributed by atoms with Crippen LogP contribution < -0.4 is 0 Å². The van der Waals surface area contributed by atoms with Gasteiger partial charge in [0.15, 0.2) is 5.76 Å². The fourth-order valence-electron chi connectivity index (χ4n) is 3.97. The number of sulfonamides is 1.